The molecule has 7 heteroatoms. The molecule has 1 saturated heterocycles. The van der Waals surface area contributed by atoms with E-state index in [-0.39, 0.29) is 30.5 Å². The summed E-state index contributed by atoms with van der Waals surface area (Å²) in [7, 11) is 1.84. The van der Waals surface area contributed by atoms with Crippen molar-refractivity contribution < 1.29 is 18.7 Å². The highest BCUT2D eigenvalue weighted by Gasteiger charge is 2.32. The number of aromatic nitrogens is 2. The quantitative estimate of drug-likeness (QED) is 0.909. The van der Waals surface area contributed by atoms with Crippen LogP contribution in [0.1, 0.15) is 18.2 Å². The Bertz CT molecular complexity index is 671. The molecule has 1 fully saturated rings. The van der Waals surface area contributed by atoms with Crippen LogP contribution in [0, 0.1) is 5.82 Å². The molecule has 0 aliphatic carbocycles. The number of carbonyl (C=O) groups is 1. The first kappa shape index (κ1) is 15.5. The molecule has 122 valence electrons. The zero-order valence-electron chi connectivity index (χ0n) is 12.7. The molecule has 2 aromatic rings. The predicted molar refractivity (Wildman–Crippen MR) is 80.3 cm³/mol. The minimum atomic E-state index is -0.344. The maximum atomic E-state index is 12.8. The van der Waals surface area contributed by atoms with Crippen molar-refractivity contribution in [3.8, 4) is 5.75 Å². The summed E-state index contributed by atoms with van der Waals surface area (Å²) in [6.45, 7) is 0.458. The van der Waals surface area contributed by atoms with Crippen molar-refractivity contribution in [2.24, 2.45) is 7.05 Å². The molecule has 0 unspecified atom stereocenters. The van der Waals surface area contributed by atoms with E-state index in [0.29, 0.717) is 12.4 Å². The van der Waals surface area contributed by atoms with Crippen molar-refractivity contribution in [1.82, 2.24) is 15.1 Å². The molecule has 0 bridgehead atoms. The van der Waals surface area contributed by atoms with E-state index in [1.807, 2.05) is 13.1 Å². The number of aryl methyl sites for hydroxylation is 1. The third-order valence-electron chi connectivity index (χ3n) is 3.77. The average Bonchev–Trinajstić information content (AvgIpc) is 3.15. The molecule has 1 amide bonds. The topological polar surface area (TPSA) is 65.4 Å². The molecule has 0 spiro atoms. The fraction of sp³-hybridized carbons (Fsp3) is 0.375. The lowest BCUT2D eigenvalue weighted by Gasteiger charge is -2.20. The second-order valence-corrected chi connectivity index (χ2v) is 5.38. The van der Waals surface area contributed by atoms with Crippen LogP contribution in [-0.2, 0) is 16.6 Å². The summed E-state index contributed by atoms with van der Waals surface area (Å²) in [5, 5.41) is 7.05. The van der Waals surface area contributed by atoms with Gasteiger partial charge in [0.15, 0.2) is 6.61 Å². The molecule has 3 rings (SSSR count). The zero-order valence-corrected chi connectivity index (χ0v) is 12.7. The van der Waals surface area contributed by atoms with Gasteiger partial charge in [0.05, 0.1) is 11.7 Å². The second kappa shape index (κ2) is 6.78. The molecular formula is C16H18FN3O3. The Labute approximate surface area is 133 Å². The summed E-state index contributed by atoms with van der Waals surface area (Å²) in [6, 6.07) is 7.31. The Morgan fingerprint density at radius 2 is 2.22 bits per heavy atom. The van der Waals surface area contributed by atoms with Gasteiger partial charge in [0.1, 0.15) is 17.7 Å². The Morgan fingerprint density at radius 1 is 1.43 bits per heavy atom. The molecule has 6 nitrogen and oxygen atoms in total. The lowest BCUT2D eigenvalue weighted by molar-refractivity contribution is -0.124. The predicted octanol–water partition coefficient (Wildman–Crippen LogP) is 1.58. The van der Waals surface area contributed by atoms with E-state index >= 15 is 0 Å². The Morgan fingerprint density at radius 3 is 2.91 bits per heavy atom. The monoisotopic (exact) mass is 319 g/mol. The molecule has 0 saturated carbocycles. The summed E-state index contributed by atoms with van der Waals surface area (Å²) in [5.74, 6) is -0.131. The summed E-state index contributed by atoms with van der Waals surface area (Å²) in [6.07, 6.45) is 2.23. The Balaban J connectivity index is 1.54. The van der Waals surface area contributed by atoms with Gasteiger partial charge in [0.2, 0.25) is 0 Å². The van der Waals surface area contributed by atoms with Crippen molar-refractivity contribution in [1.29, 1.82) is 0 Å². The number of nitrogens with one attached hydrogen (secondary N) is 1. The average molecular weight is 319 g/mol. The summed E-state index contributed by atoms with van der Waals surface area (Å²) in [5.41, 5.74) is 0.923. The van der Waals surface area contributed by atoms with Gasteiger partial charge in [-0.1, -0.05) is 0 Å². The van der Waals surface area contributed by atoms with Crippen LogP contribution in [0.4, 0.5) is 4.39 Å². The van der Waals surface area contributed by atoms with Gasteiger partial charge >= 0.3 is 0 Å². The Kier molecular flexibility index (Phi) is 4.57. The van der Waals surface area contributed by atoms with Gasteiger partial charge in [-0.05, 0) is 36.8 Å². The molecule has 0 radical (unpaired) electrons. The van der Waals surface area contributed by atoms with Crippen LogP contribution in [-0.4, -0.2) is 34.9 Å². The van der Waals surface area contributed by atoms with Crippen LogP contribution in [0.3, 0.4) is 0 Å². The number of halogens is 1. The zero-order chi connectivity index (χ0) is 16.2. The van der Waals surface area contributed by atoms with Gasteiger partial charge in [0.25, 0.3) is 5.91 Å². The maximum Gasteiger partial charge on any atom is 0.258 e. The SMILES string of the molecule is Cn1nccc1[C@H]1OCC[C@@H]1NC(=O)COc1ccc(F)cc1. The number of benzene rings is 1. The summed E-state index contributed by atoms with van der Waals surface area (Å²) < 4.78 is 25.6. The number of carbonyl (C=O) groups excluding carboxylic acids is 1. The van der Waals surface area contributed by atoms with E-state index in [9.17, 15) is 9.18 Å². The number of ether oxygens (including phenoxy) is 2. The molecule has 2 atom stereocenters. The van der Waals surface area contributed by atoms with Gasteiger partial charge < -0.3 is 14.8 Å². The third-order valence-corrected chi connectivity index (χ3v) is 3.77. The number of hydrogen-bond acceptors (Lipinski definition) is 4. The van der Waals surface area contributed by atoms with Crippen molar-refractivity contribution in [3.05, 3.63) is 48.0 Å². The Hall–Kier alpha value is -2.41. The van der Waals surface area contributed by atoms with E-state index in [4.69, 9.17) is 9.47 Å². The molecular weight excluding hydrogens is 301 g/mol. The van der Waals surface area contributed by atoms with Crippen LogP contribution >= 0.6 is 0 Å². The van der Waals surface area contributed by atoms with Crippen molar-refractivity contribution >= 4 is 5.91 Å². The smallest absolute Gasteiger partial charge is 0.258 e. The molecule has 1 N–H and O–H groups in total. The van der Waals surface area contributed by atoms with Gasteiger partial charge in [-0.2, -0.15) is 5.10 Å². The molecule has 1 aromatic carbocycles. The maximum absolute atomic E-state index is 12.8. The molecule has 23 heavy (non-hydrogen) atoms. The van der Waals surface area contributed by atoms with Crippen molar-refractivity contribution in [2.45, 2.75) is 18.6 Å². The highest BCUT2D eigenvalue weighted by molar-refractivity contribution is 5.78. The molecule has 1 aromatic heterocycles. The van der Waals surface area contributed by atoms with Crippen LogP contribution in [0.15, 0.2) is 36.5 Å². The minimum absolute atomic E-state index is 0.116. The summed E-state index contributed by atoms with van der Waals surface area (Å²) in [4.78, 5) is 12.1. The van der Waals surface area contributed by atoms with E-state index in [0.717, 1.165) is 12.1 Å². The standard InChI is InChI=1S/C16H18FN3O3/c1-20-14(6-8-18-20)16-13(7-9-22-16)19-15(21)10-23-12-4-2-11(17)3-5-12/h2-6,8,13,16H,7,9-10H2,1H3,(H,19,21)/t13-,16-/m0/s1. The van der Waals surface area contributed by atoms with Crippen LogP contribution in [0.25, 0.3) is 0 Å². The first-order valence-electron chi connectivity index (χ1n) is 7.41. The van der Waals surface area contributed by atoms with E-state index in [1.54, 1.807) is 10.9 Å². The van der Waals surface area contributed by atoms with Gasteiger partial charge in [0, 0.05) is 19.9 Å². The van der Waals surface area contributed by atoms with E-state index < -0.39 is 0 Å². The fourth-order valence-corrected chi connectivity index (χ4v) is 2.62. The fourth-order valence-electron chi connectivity index (χ4n) is 2.62. The first-order valence-corrected chi connectivity index (χ1v) is 7.41. The van der Waals surface area contributed by atoms with Crippen LogP contribution in [0.2, 0.25) is 0 Å². The lowest BCUT2D eigenvalue weighted by atomic mass is 10.1. The molecule has 2 heterocycles. The highest BCUT2D eigenvalue weighted by atomic mass is 19.1. The van der Waals surface area contributed by atoms with Gasteiger partial charge in [-0.15, -0.1) is 0 Å². The van der Waals surface area contributed by atoms with E-state index in [1.165, 1.54) is 24.3 Å². The largest absolute Gasteiger partial charge is 0.484 e. The second-order valence-electron chi connectivity index (χ2n) is 5.38. The molecule has 1 aliphatic rings. The number of amides is 1. The number of nitrogens with zero attached hydrogens (tertiary/aromatic N) is 2. The van der Waals surface area contributed by atoms with Crippen LogP contribution < -0.4 is 10.1 Å². The van der Waals surface area contributed by atoms with E-state index in [2.05, 4.69) is 10.4 Å². The number of hydrogen-bond donors (Lipinski definition) is 1. The minimum Gasteiger partial charge on any atom is -0.484 e. The first-order chi connectivity index (χ1) is 11.1. The lowest BCUT2D eigenvalue weighted by Crippen LogP contribution is -2.40. The van der Waals surface area contributed by atoms with Gasteiger partial charge in [-0.25, -0.2) is 4.39 Å². The van der Waals surface area contributed by atoms with Crippen molar-refractivity contribution in [2.75, 3.05) is 13.2 Å². The van der Waals surface area contributed by atoms with Crippen molar-refractivity contribution in [3.63, 3.8) is 0 Å². The van der Waals surface area contributed by atoms with Gasteiger partial charge in [-0.3, -0.25) is 9.48 Å². The highest BCUT2D eigenvalue weighted by Crippen LogP contribution is 2.28. The van der Waals surface area contributed by atoms with Crippen LogP contribution in [0.5, 0.6) is 5.75 Å². The molecule has 1 aliphatic heterocycles. The normalized spacial score (nSPS) is 20.4. The summed E-state index contributed by atoms with van der Waals surface area (Å²) >= 11 is 0. The number of rotatable bonds is 5. The third kappa shape index (κ3) is 3.68.